The van der Waals surface area contributed by atoms with Crippen LogP contribution in [0.1, 0.15) is 17.5 Å². The lowest BCUT2D eigenvalue weighted by molar-refractivity contribution is -0.117. The fourth-order valence-electron chi connectivity index (χ4n) is 3.45. The van der Waals surface area contributed by atoms with Gasteiger partial charge in [-0.15, -0.1) is 0 Å². The fourth-order valence-corrected chi connectivity index (χ4v) is 3.45. The summed E-state index contributed by atoms with van der Waals surface area (Å²) in [4.78, 5) is 22.4. The average molecular weight is 326 g/mol. The molecule has 2 aromatic rings. The minimum atomic E-state index is 0.0402. The molecule has 0 radical (unpaired) electrons. The first-order chi connectivity index (χ1) is 11.8. The van der Waals surface area contributed by atoms with Gasteiger partial charge in [0, 0.05) is 55.1 Å². The highest BCUT2D eigenvalue weighted by atomic mass is 16.5. The Labute approximate surface area is 140 Å². The molecule has 4 rings (SSSR count). The quantitative estimate of drug-likeness (QED) is 0.889. The molecule has 1 aliphatic heterocycles. The molecule has 0 aromatic carbocycles. The molecule has 2 N–H and O–H groups in total. The number of hydrogen-bond donors (Lipinski definition) is 2. The number of ether oxygens (including phenoxy) is 1. The van der Waals surface area contributed by atoms with E-state index in [9.17, 15) is 4.79 Å². The molecule has 1 aliphatic carbocycles. The SMILES string of the molecule is O=C(NCCN1CCOCC1)C1=Cc2c[nH]c3nccc(c23)CC1. The molecule has 24 heavy (non-hydrogen) atoms. The molecule has 0 bridgehead atoms. The van der Waals surface area contributed by atoms with Crippen molar-refractivity contribution in [3.63, 3.8) is 0 Å². The van der Waals surface area contributed by atoms with Crippen molar-refractivity contribution in [2.24, 2.45) is 0 Å². The predicted molar refractivity (Wildman–Crippen MR) is 92.7 cm³/mol. The Hall–Kier alpha value is -2.18. The molecule has 0 atom stereocenters. The van der Waals surface area contributed by atoms with Crippen LogP contribution in [0.3, 0.4) is 0 Å². The van der Waals surface area contributed by atoms with Crippen molar-refractivity contribution in [1.82, 2.24) is 20.2 Å². The van der Waals surface area contributed by atoms with Crippen LogP contribution in [-0.2, 0) is 16.0 Å². The van der Waals surface area contributed by atoms with Crippen LogP contribution in [0, 0.1) is 0 Å². The van der Waals surface area contributed by atoms with Gasteiger partial charge in [0.25, 0.3) is 0 Å². The number of pyridine rings is 1. The van der Waals surface area contributed by atoms with E-state index in [-0.39, 0.29) is 5.91 Å². The minimum Gasteiger partial charge on any atom is -0.379 e. The van der Waals surface area contributed by atoms with Crippen LogP contribution in [0.25, 0.3) is 17.1 Å². The summed E-state index contributed by atoms with van der Waals surface area (Å²) in [5, 5.41) is 4.21. The standard InChI is InChI=1S/C18H22N4O2/c23-18(20-5-6-22-7-9-24-10-8-22)14-2-1-13-3-4-19-17-16(13)15(11-14)12-21-17/h3-4,11-12H,1-2,5-10H2,(H,19,21)(H,20,23). The Morgan fingerprint density at radius 3 is 3.08 bits per heavy atom. The number of nitrogens with one attached hydrogen (secondary N) is 2. The number of rotatable bonds is 4. The van der Waals surface area contributed by atoms with Crippen LogP contribution in [0.5, 0.6) is 0 Å². The van der Waals surface area contributed by atoms with Gasteiger partial charge < -0.3 is 15.0 Å². The third kappa shape index (κ3) is 3.07. The molecule has 0 spiro atoms. The summed E-state index contributed by atoms with van der Waals surface area (Å²) in [5.41, 5.74) is 4.05. The normalized spacial score (nSPS) is 18.2. The molecule has 126 valence electrons. The molecular weight excluding hydrogens is 304 g/mol. The van der Waals surface area contributed by atoms with E-state index in [2.05, 4.69) is 20.2 Å². The number of aromatic nitrogens is 2. The van der Waals surface area contributed by atoms with Crippen molar-refractivity contribution in [2.75, 3.05) is 39.4 Å². The van der Waals surface area contributed by atoms with E-state index in [1.165, 1.54) is 5.56 Å². The van der Waals surface area contributed by atoms with E-state index >= 15 is 0 Å². The van der Waals surface area contributed by atoms with Gasteiger partial charge in [-0.3, -0.25) is 9.69 Å². The molecule has 2 aromatic heterocycles. The lowest BCUT2D eigenvalue weighted by Gasteiger charge is -2.26. The first kappa shape index (κ1) is 15.4. The van der Waals surface area contributed by atoms with E-state index in [0.29, 0.717) is 6.54 Å². The number of aryl methyl sites for hydroxylation is 1. The first-order valence-electron chi connectivity index (χ1n) is 8.55. The summed E-state index contributed by atoms with van der Waals surface area (Å²) in [5.74, 6) is 0.0402. The van der Waals surface area contributed by atoms with E-state index in [0.717, 1.165) is 67.9 Å². The Kier molecular flexibility index (Phi) is 4.32. The second-order valence-corrected chi connectivity index (χ2v) is 6.32. The van der Waals surface area contributed by atoms with Gasteiger partial charge in [0.05, 0.1) is 13.2 Å². The Bertz CT molecular complexity index is 774. The van der Waals surface area contributed by atoms with Crippen molar-refractivity contribution in [3.05, 3.63) is 35.2 Å². The molecule has 3 heterocycles. The highest BCUT2D eigenvalue weighted by Gasteiger charge is 2.18. The maximum Gasteiger partial charge on any atom is 0.247 e. The van der Waals surface area contributed by atoms with Gasteiger partial charge in [0.15, 0.2) is 0 Å². The lowest BCUT2D eigenvalue weighted by Crippen LogP contribution is -2.41. The van der Waals surface area contributed by atoms with Crippen molar-refractivity contribution in [2.45, 2.75) is 12.8 Å². The van der Waals surface area contributed by atoms with Gasteiger partial charge in [0.1, 0.15) is 5.65 Å². The van der Waals surface area contributed by atoms with Gasteiger partial charge in [-0.25, -0.2) is 4.98 Å². The van der Waals surface area contributed by atoms with Gasteiger partial charge in [-0.2, -0.15) is 0 Å². The molecule has 0 saturated carbocycles. The number of amides is 1. The van der Waals surface area contributed by atoms with E-state index in [1.807, 2.05) is 24.5 Å². The molecule has 1 saturated heterocycles. The molecule has 1 fully saturated rings. The van der Waals surface area contributed by atoms with E-state index in [1.54, 1.807) is 0 Å². The Balaban J connectivity index is 1.42. The first-order valence-corrected chi connectivity index (χ1v) is 8.55. The summed E-state index contributed by atoms with van der Waals surface area (Å²) in [6, 6.07) is 2.05. The van der Waals surface area contributed by atoms with Gasteiger partial charge in [-0.05, 0) is 30.5 Å². The van der Waals surface area contributed by atoms with Crippen LogP contribution < -0.4 is 5.32 Å². The summed E-state index contributed by atoms with van der Waals surface area (Å²) < 4.78 is 5.34. The van der Waals surface area contributed by atoms with Gasteiger partial charge in [0.2, 0.25) is 5.91 Å². The largest absolute Gasteiger partial charge is 0.379 e. The van der Waals surface area contributed by atoms with Crippen LogP contribution in [-0.4, -0.2) is 60.2 Å². The Morgan fingerprint density at radius 2 is 2.21 bits per heavy atom. The topological polar surface area (TPSA) is 70.2 Å². The van der Waals surface area contributed by atoms with Crippen LogP contribution in [0.15, 0.2) is 24.0 Å². The smallest absolute Gasteiger partial charge is 0.247 e. The third-order valence-electron chi connectivity index (χ3n) is 4.79. The zero-order valence-electron chi connectivity index (χ0n) is 13.7. The number of carbonyl (C=O) groups excluding carboxylic acids is 1. The molecule has 2 aliphatic rings. The zero-order chi connectivity index (χ0) is 16.4. The highest BCUT2D eigenvalue weighted by Crippen LogP contribution is 2.28. The summed E-state index contributed by atoms with van der Waals surface area (Å²) in [7, 11) is 0. The van der Waals surface area contributed by atoms with Crippen LogP contribution >= 0.6 is 0 Å². The minimum absolute atomic E-state index is 0.0402. The van der Waals surface area contributed by atoms with Crippen molar-refractivity contribution >= 4 is 23.0 Å². The van der Waals surface area contributed by atoms with Crippen LogP contribution in [0.4, 0.5) is 0 Å². The maximum atomic E-state index is 12.5. The number of hydrogen-bond acceptors (Lipinski definition) is 4. The molecule has 0 unspecified atom stereocenters. The van der Waals surface area contributed by atoms with Crippen molar-refractivity contribution in [1.29, 1.82) is 0 Å². The lowest BCUT2D eigenvalue weighted by atomic mass is 10.1. The number of H-pyrrole nitrogens is 1. The third-order valence-corrected chi connectivity index (χ3v) is 4.79. The molecule has 6 heteroatoms. The average Bonchev–Trinajstić information content (AvgIpc) is 2.92. The summed E-state index contributed by atoms with van der Waals surface area (Å²) in [6.07, 6.45) is 7.39. The van der Waals surface area contributed by atoms with Crippen LogP contribution in [0.2, 0.25) is 0 Å². The fraction of sp³-hybridized carbons (Fsp3) is 0.444. The predicted octanol–water partition coefficient (Wildman–Crippen LogP) is 1.34. The van der Waals surface area contributed by atoms with Crippen molar-refractivity contribution in [3.8, 4) is 0 Å². The molecule has 6 nitrogen and oxygen atoms in total. The van der Waals surface area contributed by atoms with Gasteiger partial charge in [-0.1, -0.05) is 0 Å². The number of carbonyl (C=O) groups is 1. The highest BCUT2D eigenvalue weighted by molar-refractivity contribution is 6.01. The monoisotopic (exact) mass is 326 g/mol. The second kappa shape index (κ2) is 6.75. The number of nitrogens with zero attached hydrogens (tertiary/aromatic N) is 2. The molecule has 1 amide bonds. The summed E-state index contributed by atoms with van der Waals surface area (Å²) in [6.45, 7) is 5.02. The molecular formula is C18H22N4O2. The van der Waals surface area contributed by atoms with E-state index in [4.69, 9.17) is 4.74 Å². The second-order valence-electron chi connectivity index (χ2n) is 6.32. The number of morpholine rings is 1. The van der Waals surface area contributed by atoms with Crippen molar-refractivity contribution < 1.29 is 9.53 Å². The number of aromatic amines is 1. The summed E-state index contributed by atoms with van der Waals surface area (Å²) >= 11 is 0. The zero-order valence-corrected chi connectivity index (χ0v) is 13.7. The van der Waals surface area contributed by atoms with Gasteiger partial charge >= 0.3 is 0 Å². The maximum absolute atomic E-state index is 12.5. The Morgan fingerprint density at radius 1 is 1.33 bits per heavy atom. The van der Waals surface area contributed by atoms with E-state index < -0.39 is 0 Å².